The second-order valence-electron chi connectivity index (χ2n) is 8.08. The van der Waals surface area contributed by atoms with E-state index >= 15 is 0 Å². The molecule has 0 unspecified atom stereocenters. The van der Waals surface area contributed by atoms with Crippen LogP contribution in [0.4, 0.5) is 8.78 Å². The van der Waals surface area contributed by atoms with E-state index in [-0.39, 0.29) is 46.8 Å². The summed E-state index contributed by atoms with van der Waals surface area (Å²) in [6.45, 7) is 4.06. The number of carbonyl (C=O) groups is 1. The third-order valence-electron chi connectivity index (χ3n) is 5.93. The third-order valence-corrected chi connectivity index (χ3v) is 7.99. The van der Waals surface area contributed by atoms with Crippen LogP contribution in [0.15, 0.2) is 27.6 Å². The molecule has 178 valence electrons. The molecule has 2 saturated heterocycles. The molecule has 0 bridgehead atoms. The van der Waals surface area contributed by atoms with Gasteiger partial charge >= 0.3 is 0 Å². The summed E-state index contributed by atoms with van der Waals surface area (Å²) in [5.41, 5.74) is 0.261. The molecule has 0 atom stereocenters. The lowest BCUT2D eigenvalue weighted by molar-refractivity contribution is -0.140. The standard InChI is InChI=1S/C22H25F2N3O5S/c1-15-21(20(32-25-15)5-3-16-2-4-18(23)14-19(16)24)33(29,30)27-8-6-17(7-9-27)22(28)26-10-12-31-13-11-26/h2-5,14,17H,6-13H2,1H3/b5-3+. The monoisotopic (exact) mass is 481 g/mol. The van der Waals surface area contributed by atoms with Crippen molar-refractivity contribution in [1.29, 1.82) is 0 Å². The number of rotatable bonds is 5. The Morgan fingerprint density at radius 1 is 1.12 bits per heavy atom. The highest BCUT2D eigenvalue weighted by molar-refractivity contribution is 7.89. The van der Waals surface area contributed by atoms with Crippen molar-refractivity contribution in [3.63, 3.8) is 0 Å². The molecule has 3 heterocycles. The topological polar surface area (TPSA) is 93.0 Å². The van der Waals surface area contributed by atoms with Crippen molar-refractivity contribution in [3.05, 3.63) is 46.9 Å². The largest absolute Gasteiger partial charge is 0.378 e. The minimum atomic E-state index is -3.95. The van der Waals surface area contributed by atoms with Gasteiger partial charge in [0.15, 0.2) is 10.7 Å². The molecule has 4 rings (SSSR count). The SMILES string of the molecule is Cc1noc(/C=C/c2ccc(F)cc2F)c1S(=O)(=O)N1CCC(C(=O)N2CCOCC2)CC1. The highest BCUT2D eigenvalue weighted by Crippen LogP contribution is 2.30. The predicted octanol–water partition coefficient (Wildman–Crippen LogP) is 2.69. The first-order valence-electron chi connectivity index (χ1n) is 10.7. The molecule has 0 spiro atoms. The maximum atomic E-state index is 13.9. The number of amides is 1. The second kappa shape index (κ2) is 9.70. The van der Waals surface area contributed by atoms with Gasteiger partial charge in [-0.3, -0.25) is 4.79 Å². The molecule has 2 aliphatic heterocycles. The third kappa shape index (κ3) is 4.99. The zero-order valence-electron chi connectivity index (χ0n) is 18.2. The van der Waals surface area contributed by atoms with Gasteiger partial charge in [0, 0.05) is 43.7 Å². The maximum absolute atomic E-state index is 13.9. The predicted molar refractivity (Wildman–Crippen MR) is 115 cm³/mol. The Morgan fingerprint density at radius 3 is 2.48 bits per heavy atom. The fourth-order valence-electron chi connectivity index (χ4n) is 4.12. The van der Waals surface area contributed by atoms with Crippen LogP contribution in [-0.4, -0.2) is 68.1 Å². The number of nitrogens with zero attached hydrogens (tertiary/aromatic N) is 3. The van der Waals surface area contributed by atoms with E-state index in [0.29, 0.717) is 39.1 Å². The molecule has 2 fully saturated rings. The molecular weight excluding hydrogens is 456 g/mol. The van der Waals surface area contributed by atoms with Gasteiger partial charge in [-0.25, -0.2) is 17.2 Å². The lowest BCUT2D eigenvalue weighted by Crippen LogP contribution is -2.47. The van der Waals surface area contributed by atoms with Gasteiger partial charge in [0.2, 0.25) is 15.9 Å². The number of piperidine rings is 1. The Bertz CT molecular complexity index is 1150. The van der Waals surface area contributed by atoms with Crippen molar-refractivity contribution < 1.29 is 31.3 Å². The first kappa shape index (κ1) is 23.5. The van der Waals surface area contributed by atoms with Gasteiger partial charge in [0.25, 0.3) is 0 Å². The van der Waals surface area contributed by atoms with Crippen molar-refractivity contribution in [3.8, 4) is 0 Å². The Morgan fingerprint density at radius 2 is 1.82 bits per heavy atom. The van der Waals surface area contributed by atoms with E-state index in [1.54, 1.807) is 4.90 Å². The Labute approximate surface area is 190 Å². The summed E-state index contributed by atoms with van der Waals surface area (Å²) in [4.78, 5) is 14.4. The van der Waals surface area contributed by atoms with Crippen molar-refractivity contribution >= 4 is 28.1 Å². The van der Waals surface area contributed by atoms with Crippen LogP contribution in [0.3, 0.4) is 0 Å². The number of aryl methyl sites for hydroxylation is 1. The summed E-state index contributed by atoms with van der Waals surface area (Å²) >= 11 is 0. The van der Waals surface area contributed by atoms with Crippen LogP contribution in [0, 0.1) is 24.5 Å². The Balaban J connectivity index is 1.48. The fourth-order valence-corrected chi connectivity index (χ4v) is 5.83. The molecule has 0 radical (unpaired) electrons. The van der Waals surface area contributed by atoms with E-state index < -0.39 is 21.7 Å². The summed E-state index contributed by atoms with van der Waals surface area (Å²) in [7, 11) is -3.95. The van der Waals surface area contributed by atoms with E-state index in [9.17, 15) is 22.0 Å². The van der Waals surface area contributed by atoms with Crippen molar-refractivity contribution in [2.24, 2.45) is 5.92 Å². The molecular formula is C22H25F2N3O5S. The van der Waals surface area contributed by atoms with Gasteiger partial charge in [-0.05, 0) is 44.1 Å². The Kier molecular flexibility index (Phi) is 6.91. The lowest BCUT2D eigenvalue weighted by atomic mass is 9.96. The highest BCUT2D eigenvalue weighted by atomic mass is 32.2. The highest BCUT2D eigenvalue weighted by Gasteiger charge is 2.37. The van der Waals surface area contributed by atoms with Crippen molar-refractivity contribution in [2.75, 3.05) is 39.4 Å². The van der Waals surface area contributed by atoms with Crippen LogP contribution < -0.4 is 0 Å². The second-order valence-corrected chi connectivity index (χ2v) is 9.95. The van der Waals surface area contributed by atoms with E-state index in [4.69, 9.17) is 9.26 Å². The molecule has 33 heavy (non-hydrogen) atoms. The first-order valence-corrected chi connectivity index (χ1v) is 12.2. The van der Waals surface area contributed by atoms with Crippen LogP contribution in [0.25, 0.3) is 12.2 Å². The van der Waals surface area contributed by atoms with Crippen LogP contribution in [-0.2, 0) is 19.6 Å². The zero-order valence-corrected chi connectivity index (χ0v) is 19.0. The summed E-state index contributed by atoms with van der Waals surface area (Å²) in [5.74, 6) is -1.71. The van der Waals surface area contributed by atoms with E-state index in [2.05, 4.69) is 5.16 Å². The Hall–Kier alpha value is -2.63. The number of morpholine rings is 1. The molecule has 1 aromatic carbocycles. The van der Waals surface area contributed by atoms with E-state index in [0.717, 1.165) is 12.1 Å². The number of sulfonamides is 1. The van der Waals surface area contributed by atoms with Crippen LogP contribution in [0.1, 0.15) is 29.9 Å². The summed E-state index contributed by atoms with van der Waals surface area (Å²) in [6, 6.07) is 3.09. The number of halogens is 2. The molecule has 2 aliphatic rings. The minimum absolute atomic E-state index is 0.0391. The number of ether oxygens (including phenoxy) is 1. The summed E-state index contributed by atoms with van der Waals surface area (Å²) in [6.07, 6.45) is 3.45. The van der Waals surface area contributed by atoms with Gasteiger partial charge < -0.3 is 14.2 Å². The number of benzene rings is 1. The molecule has 0 aliphatic carbocycles. The molecule has 1 amide bonds. The molecule has 8 nitrogen and oxygen atoms in total. The quantitative estimate of drug-likeness (QED) is 0.652. The average Bonchev–Trinajstić information content (AvgIpc) is 3.19. The van der Waals surface area contributed by atoms with Gasteiger partial charge in [-0.2, -0.15) is 4.31 Å². The first-order chi connectivity index (χ1) is 15.8. The smallest absolute Gasteiger partial charge is 0.248 e. The molecule has 2 aromatic rings. The van der Waals surface area contributed by atoms with Gasteiger partial charge in [0.05, 0.1) is 13.2 Å². The van der Waals surface area contributed by atoms with E-state index in [1.807, 2.05) is 0 Å². The normalized spacial score (nSPS) is 18.8. The van der Waals surface area contributed by atoms with Crippen LogP contribution >= 0.6 is 0 Å². The number of aromatic nitrogens is 1. The van der Waals surface area contributed by atoms with Crippen molar-refractivity contribution in [1.82, 2.24) is 14.4 Å². The average molecular weight is 482 g/mol. The number of carbonyl (C=O) groups excluding carboxylic acids is 1. The van der Waals surface area contributed by atoms with E-state index in [1.165, 1.54) is 29.4 Å². The summed E-state index contributed by atoms with van der Waals surface area (Å²) in [5, 5.41) is 3.77. The fraction of sp³-hybridized carbons (Fsp3) is 0.455. The van der Waals surface area contributed by atoms with Gasteiger partial charge in [0.1, 0.15) is 17.3 Å². The molecule has 1 aromatic heterocycles. The maximum Gasteiger partial charge on any atom is 0.248 e. The van der Waals surface area contributed by atoms with Crippen LogP contribution in [0.5, 0.6) is 0 Å². The molecule has 0 N–H and O–H groups in total. The van der Waals surface area contributed by atoms with Crippen LogP contribution in [0.2, 0.25) is 0 Å². The molecule has 11 heteroatoms. The summed E-state index contributed by atoms with van der Waals surface area (Å²) < 4.78 is 65.5. The minimum Gasteiger partial charge on any atom is -0.378 e. The van der Waals surface area contributed by atoms with Gasteiger partial charge in [-0.15, -0.1) is 0 Å². The van der Waals surface area contributed by atoms with Gasteiger partial charge in [-0.1, -0.05) is 5.16 Å². The molecule has 0 saturated carbocycles. The van der Waals surface area contributed by atoms with Crippen molar-refractivity contribution in [2.45, 2.75) is 24.7 Å². The number of hydrogen-bond donors (Lipinski definition) is 0. The number of hydrogen-bond acceptors (Lipinski definition) is 6. The zero-order chi connectivity index (χ0) is 23.6. The lowest BCUT2D eigenvalue weighted by Gasteiger charge is -2.35.